The number of hydrogen-bond acceptors (Lipinski definition) is 3. The Hall–Kier alpha value is -0.570. The van der Waals surface area contributed by atoms with Crippen molar-refractivity contribution in [2.24, 2.45) is 5.16 Å². The van der Waals surface area contributed by atoms with Crippen molar-refractivity contribution in [2.45, 2.75) is 0 Å². The molecule has 1 aliphatic carbocycles. The van der Waals surface area contributed by atoms with Crippen molar-refractivity contribution < 1.29 is 6.58 Å². The summed E-state index contributed by atoms with van der Waals surface area (Å²) in [6.45, 7) is 0.688. The van der Waals surface area contributed by atoms with Crippen molar-refractivity contribution in [3.05, 3.63) is 31.1 Å². The minimum Gasteiger partial charge on any atom is -0.411 e. The highest BCUT2D eigenvalue weighted by atomic mass is 16.4. The molecular formula is C9H13N2O. The van der Waals surface area contributed by atoms with Gasteiger partial charge in [-0.3, -0.25) is 0 Å². The van der Waals surface area contributed by atoms with Gasteiger partial charge in [0.1, 0.15) is 0 Å². The second kappa shape index (κ2) is 4.45. The van der Waals surface area contributed by atoms with Crippen molar-refractivity contribution in [2.75, 3.05) is 20.6 Å². The minimum absolute atomic E-state index is 0.489. The lowest BCUT2D eigenvalue weighted by Crippen LogP contribution is -2.22. The predicted molar refractivity (Wildman–Crippen MR) is 48.2 cm³/mol. The molecule has 3 nitrogen and oxygen atoms in total. The highest BCUT2D eigenvalue weighted by molar-refractivity contribution is 5.84. The van der Waals surface area contributed by atoms with E-state index < -0.39 is 0 Å². The van der Waals surface area contributed by atoms with Crippen LogP contribution in [-0.4, -0.2) is 37.0 Å². The Labute approximate surface area is 75.5 Å². The van der Waals surface area contributed by atoms with E-state index in [9.17, 15) is 0 Å². The van der Waals surface area contributed by atoms with Gasteiger partial charge >= 0.3 is 0 Å². The molecule has 1 saturated carbocycles. The van der Waals surface area contributed by atoms with E-state index in [0.717, 1.165) is 11.8 Å². The summed E-state index contributed by atoms with van der Waals surface area (Å²) in [4.78, 5) is 1.97. The zero-order chi connectivity index (χ0) is 9.84. The summed E-state index contributed by atoms with van der Waals surface area (Å²) < 4.78 is 7.59. The molecule has 3 heteroatoms. The Morgan fingerprint density at radius 1 is 1.75 bits per heavy atom. The summed E-state index contributed by atoms with van der Waals surface area (Å²) in [7, 11) is 3.87. The molecule has 12 heavy (non-hydrogen) atoms. The smallest absolute Gasteiger partial charge is 0.0516 e. The van der Waals surface area contributed by atoms with E-state index in [-0.39, 0.29) is 0 Å². The van der Waals surface area contributed by atoms with Crippen LogP contribution in [0.25, 0.3) is 0 Å². The molecule has 0 bridgehead atoms. The van der Waals surface area contributed by atoms with Crippen LogP contribution in [0.15, 0.2) is 5.16 Å². The van der Waals surface area contributed by atoms with Crippen LogP contribution in [0.5, 0.6) is 0 Å². The van der Waals surface area contributed by atoms with Crippen LogP contribution < -0.4 is 0 Å². The van der Waals surface area contributed by atoms with Gasteiger partial charge in [-0.1, -0.05) is 0 Å². The first-order valence-electron chi connectivity index (χ1n) is 4.22. The molecule has 0 aromatic heterocycles. The molecule has 0 unspecified atom stereocenters. The second-order valence-corrected chi connectivity index (χ2v) is 2.89. The summed E-state index contributed by atoms with van der Waals surface area (Å²) in [6, 6.07) is 0. The fourth-order valence-corrected chi connectivity index (χ4v) is 1.05. The zero-order valence-corrected chi connectivity index (χ0v) is 7.28. The first kappa shape index (κ1) is 8.05. The number of oxime groups is 1. The summed E-state index contributed by atoms with van der Waals surface area (Å²) in [5.74, 6) is 1.70. The maximum absolute atomic E-state index is 8.38. The molecule has 1 aliphatic rings. The van der Waals surface area contributed by atoms with E-state index in [1.165, 1.54) is 6.21 Å². The van der Waals surface area contributed by atoms with Crippen LogP contribution in [0.2, 0.25) is 0 Å². The van der Waals surface area contributed by atoms with Crippen molar-refractivity contribution in [3.63, 3.8) is 0 Å². The lowest BCUT2D eigenvalue weighted by Gasteiger charge is -2.18. The van der Waals surface area contributed by atoms with Gasteiger partial charge in [-0.25, -0.2) is 0 Å². The highest BCUT2D eigenvalue weighted by Crippen LogP contribution is 2.31. The van der Waals surface area contributed by atoms with Crippen LogP contribution in [0.1, 0.15) is 1.37 Å². The third-order valence-electron chi connectivity index (χ3n) is 1.54. The zero-order valence-electron chi connectivity index (χ0n) is 8.28. The molecule has 5 radical (unpaired) electrons. The van der Waals surface area contributed by atoms with E-state index in [0.29, 0.717) is 12.9 Å². The average Bonchev–Trinajstić information content (AvgIpc) is 2.36. The molecule has 0 aromatic carbocycles. The Balaban J connectivity index is 2.54. The Kier molecular flexibility index (Phi) is 2.99. The normalized spacial score (nSPS) is 24.4. The predicted octanol–water partition coefficient (Wildman–Crippen LogP) is 0.783. The molecule has 0 atom stereocenters. The Morgan fingerprint density at radius 2 is 2.50 bits per heavy atom. The fourth-order valence-electron chi connectivity index (χ4n) is 1.05. The highest BCUT2D eigenvalue weighted by Gasteiger charge is 2.28. The summed E-state index contributed by atoms with van der Waals surface area (Å²) in [5, 5.41) is 11.3. The molecule has 0 amide bonds. The van der Waals surface area contributed by atoms with Gasteiger partial charge in [-0.15, -0.1) is 5.16 Å². The van der Waals surface area contributed by atoms with Crippen LogP contribution in [-0.2, 0) is 0 Å². The SMILES string of the molecule is [2H][C]1[CH][CH][C](/C=N/O)[C]1CN(C)C. The summed E-state index contributed by atoms with van der Waals surface area (Å²) >= 11 is 0. The van der Waals surface area contributed by atoms with Crippen molar-refractivity contribution in [1.82, 2.24) is 4.90 Å². The maximum Gasteiger partial charge on any atom is 0.0516 e. The Bertz CT molecular complexity index is 184. The fraction of sp³-hybridized carbons (Fsp3) is 0.333. The molecule has 0 heterocycles. The number of rotatable bonds is 3. The third-order valence-corrected chi connectivity index (χ3v) is 1.54. The van der Waals surface area contributed by atoms with Gasteiger partial charge in [0, 0.05) is 19.8 Å². The van der Waals surface area contributed by atoms with Gasteiger partial charge in [-0.05, 0) is 33.3 Å². The second-order valence-electron chi connectivity index (χ2n) is 2.89. The quantitative estimate of drug-likeness (QED) is 0.382. The van der Waals surface area contributed by atoms with Gasteiger partial charge in [-0.2, -0.15) is 0 Å². The topological polar surface area (TPSA) is 35.8 Å². The monoisotopic (exact) mass is 166 g/mol. The molecule has 1 N–H and O–H groups in total. The summed E-state index contributed by atoms with van der Waals surface area (Å²) in [5.41, 5.74) is 0. The lowest BCUT2D eigenvalue weighted by molar-refractivity contribution is 0.321. The van der Waals surface area contributed by atoms with Crippen molar-refractivity contribution in [1.29, 1.82) is 0 Å². The molecule has 0 aromatic rings. The van der Waals surface area contributed by atoms with E-state index >= 15 is 0 Å². The van der Waals surface area contributed by atoms with E-state index in [2.05, 4.69) is 5.16 Å². The average molecular weight is 166 g/mol. The van der Waals surface area contributed by atoms with Crippen LogP contribution in [0, 0.1) is 31.1 Å². The largest absolute Gasteiger partial charge is 0.411 e. The van der Waals surface area contributed by atoms with Crippen LogP contribution in [0.3, 0.4) is 0 Å². The number of nitrogens with zero attached hydrogens (tertiary/aromatic N) is 2. The summed E-state index contributed by atoms with van der Waals surface area (Å²) in [6.07, 6.45) is 5.33. The van der Waals surface area contributed by atoms with Gasteiger partial charge in [0.15, 0.2) is 0 Å². The first-order valence-corrected chi connectivity index (χ1v) is 3.72. The Morgan fingerprint density at radius 3 is 3.08 bits per heavy atom. The van der Waals surface area contributed by atoms with Crippen LogP contribution in [0.4, 0.5) is 0 Å². The molecular weight excluding hydrogens is 152 g/mol. The first-order chi connectivity index (χ1) is 6.15. The standard InChI is InChI=1S/C9H13N2O/c1-11(2)7-9-5-3-4-8(9)6-10-12/h3-6,12H,7H2,1-2H3/b10-6+/i5D. The van der Waals surface area contributed by atoms with Crippen molar-refractivity contribution in [3.8, 4) is 0 Å². The third kappa shape index (κ3) is 2.48. The molecule has 1 fully saturated rings. The molecule has 0 aliphatic heterocycles. The van der Waals surface area contributed by atoms with E-state index in [1.54, 1.807) is 12.8 Å². The molecule has 0 saturated heterocycles. The van der Waals surface area contributed by atoms with E-state index in [4.69, 9.17) is 6.58 Å². The van der Waals surface area contributed by atoms with E-state index in [1.807, 2.05) is 19.0 Å². The molecule has 0 spiro atoms. The van der Waals surface area contributed by atoms with Gasteiger partial charge in [0.05, 0.1) is 6.21 Å². The van der Waals surface area contributed by atoms with Crippen molar-refractivity contribution >= 4 is 6.21 Å². The minimum atomic E-state index is 0.489. The molecule has 65 valence electrons. The van der Waals surface area contributed by atoms with Gasteiger partial charge in [0.25, 0.3) is 0 Å². The van der Waals surface area contributed by atoms with Gasteiger partial charge in [0.2, 0.25) is 0 Å². The van der Waals surface area contributed by atoms with Gasteiger partial charge < -0.3 is 10.1 Å². The lowest BCUT2D eigenvalue weighted by atomic mass is 9.97. The number of hydrogen-bond donors (Lipinski definition) is 1. The molecule has 1 rings (SSSR count). The van der Waals surface area contributed by atoms with Crippen LogP contribution >= 0.6 is 0 Å². The maximum atomic E-state index is 8.38.